The van der Waals surface area contributed by atoms with Crippen molar-refractivity contribution in [3.63, 3.8) is 0 Å². The molecule has 1 atom stereocenters. The van der Waals surface area contributed by atoms with Gasteiger partial charge in [-0.3, -0.25) is 4.99 Å². The molecule has 0 aromatic rings. The van der Waals surface area contributed by atoms with Gasteiger partial charge in [-0.15, -0.1) is 0 Å². The maximum atomic E-state index is 5.73. The zero-order valence-electron chi connectivity index (χ0n) is 8.54. The number of aliphatic imine (C=N–C) groups is 1. The van der Waals surface area contributed by atoms with Crippen LogP contribution in [0.4, 0.5) is 0 Å². The minimum Gasteiger partial charge on any atom is -0.381 e. The number of hydrogen-bond donors (Lipinski definition) is 2. The van der Waals surface area contributed by atoms with Gasteiger partial charge in [0.25, 0.3) is 0 Å². The number of nitrogens with one attached hydrogen (secondary N) is 1. The van der Waals surface area contributed by atoms with Crippen molar-refractivity contribution in [2.45, 2.75) is 31.7 Å². The van der Waals surface area contributed by atoms with Gasteiger partial charge in [-0.1, -0.05) is 0 Å². The predicted octanol–water partition coefficient (Wildman–Crippen LogP) is 0.480. The molecule has 0 aromatic carbocycles. The van der Waals surface area contributed by atoms with E-state index in [2.05, 4.69) is 10.3 Å². The molecule has 0 bridgehead atoms. The van der Waals surface area contributed by atoms with Crippen molar-refractivity contribution in [1.82, 2.24) is 5.32 Å². The van der Waals surface area contributed by atoms with Crippen LogP contribution in [0.1, 0.15) is 25.7 Å². The molecule has 1 saturated heterocycles. The van der Waals surface area contributed by atoms with Gasteiger partial charge < -0.3 is 15.8 Å². The molecule has 1 aliphatic carbocycles. The fourth-order valence-electron chi connectivity index (χ4n) is 1.66. The normalized spacial score (nSPS) is 28.9. The fourth-order valence-corrected chi connectivity index (χ4v) is 1.66. The molecule has 0 aromatic heterocycles. The topological polar surface area (TPSA) is 59.6 Å². The van der Waals surface area contributed by atoms with Gasteiger partial charge in [-0.05, 0) is 25.7 Å². The molecular weight excluding hydrogens is 178 g/mol. The number of rotatable bonds is 3. The first-order valence-electron chi connectivity index (χ1n) is 5.49. The lowest BCUT2D eigenvalue weighted by molar-refractivity contribution is 0.0582. The summed E-state index contributed by atoms with van der Waals surface area (Å²) in [6.45, 7) is 2.57. The summed E-state index contributed by atoms with van der Waals surface area (Å²) in [5, 5.41) is 3.18. The third-order valence-electron chi connectivity index (χ3n) is 2.70. The molecule has 1 saturated carbocycles. The van der Waals surface area contributed by atoms with E-state index in [0.717, 1.165) is 26.2 Å². The lowest BCUT2D eigenvalue weighted by atomic mass is 10.0. The van der Waals surface area contributed by atoms with Crippen molar-refractivity contribution >= 4 is 5.96 Å². The number of guanidine groups is 1. The highest BCUT2D eigenvalue weighted by atomic mass is 16.5. The van der Waals surface area contributed by atoms with Crippen molar-refractivity contribution in [3.8, 4) is 0 Å². The Morgan fingerprint density at radius 2 is 2.29 bits per heavy atom. The third-order valence-corrected chi connectivity index (χ3v) is 2.70. The SMILES string of the molecule is NC(=NCC1CCCOC1)NC1CC1. The van der Waals surface area contributed by atoms with Gasteiger partial charge in [-0.2, -0.15) is 0 Å². The average Bonchev–Trinajstić information content (AvgIpc) is 3.00. The second kappa shape index (κ2) is 4.64. The zero-order valence-corrected chi connectivity index (χ0v) is 8.54. The van der Waals surface area contributed by atoms with Gasteiger partial charge in [0, 0.05) is 25.1 Å². The largest absolute Gasteiger partial charge is 0.381 e. The van der Waals surface area contributed by atoms with E-state index in [1.807, 2.05) is 0 Å². The Morgan fingerprint density at radius 1 is 1.43 bits per heavy atom. The molecule has 1 unspecified atom stereocenters. The highest BCUT2D eigenvalue weighted by Crippen LogP contribution is 2.18. The van der Waals surface area contributed by atoms with Crippen molar-refractivity contribution in [2.75, 3.05) is 19.8 Å². The van der Waals surface area contributed by atoms with Gasteiger partial charge in [0.2, 0.25) is 0 Å². The van der Waals surface area contributed by atoms with Crippen molar-refractivity contribution in [1.29, 1.82) is 0 Å². The van der Waals surface area contributed by atoms with Crippen LogP contribution in [0.25, 0.3) is 0 Å². The van der Waals surface area contributed by atoms with E-state index < -0.39 is 0 Å². The molecule has 0 amide bonds. The molecule has 0 radical (unpaired) electrons. The van der Waals surface area contributed by atoms with Crippen molar-refractivity contribution in [3.05, 3.63) is 0 Å². The number of hydrogen-bond acceptors (Lipinski definition) is 2. The lowest BCUT2D eigenvalue weighted by Gasteiger charge is -2.20. The minimum absolute atomic E-state index is 0.573. The maximum absolute atomic E-state index is 5.73. The summed E-state index contributed by atoms with van der Waals surface area (Å²) in [5.41, 5.74) is 5.73. The molecule has 2 fully saturated rings. The van der Waals surface area contributed by atoms with E-state index in [0.29, 0.717) is 17.9 Å². The molecule has 2 rings (SSSR count). The van der Waals surface area contributed by atoms with E-state index in [-0.39, 0.29) is 0 Å². The van der Waals surface area contributed by atoms with Crippen LogP contribution >= 0.6 is 0 Å². The second-order valence-corrected chi connectivity index (χ2v) is 4.23. The summed E-state index contributed by atoms with van der Waals surface area (Å²) in [5.74, 6) is 1.18. The zero-order chi connectivity index (χ0) is 9.80. The van der Waals surface area contributed by atoms with Gasteiger partial charge in [-0.25, -0.2) is 0 Å². The maximum Gasteiger partial charge on any atom is 0.188 e. The van der Waals surface area contributed by atoms with Crippen LogP contribution in [0.15, 0.2) is 4.99 Å². The number of nitrogens with two attached hydrogens (primary N) is 1. The predicted molar refractivity (Wildman–Crippen MR) is 56.2 cm³/mol. The molecule has 1 heterocycles. The first-order valence-corrected chi connectivity index (χ1v) is 5.49. The summed E-state index contributed by atoms with van der Waals surface area (Å²) in [6.07, 6.45) is 4.86. The lowest BCUT2D eigenvalue weighted by Crippen LogP contribution is -2.34. The smallest absolute Gasteiger partial charge is 0.188 e. The number of ether oxygens (including phenoxy) is 1. The molecule has 0 spiro atoms. The molecule has 14 heavy (non-hydrogen) atoms. The molecule has 1 aliphatic heterocycles. The van der Waals surface area contributed by atoms with Gasteiger partial charge in [0.15, 0.2) is 5.96 Å². The Balaban J connectivity index is 1.67. The van der Waals surface area contributed by atoms with Crippen LogP contribution in [0.3, 0.4) is 0 Å². The van der Waals surface area contributed by atoms with Crippen LogP contribution < -0.4 is 11.1 Å². The van der Waals surface area contributed by atoms with Crippen LogP contribution in [0.2, 0.25) is 0 Å². The number of nitrogens with zero attached hydrogens (tertiary/aromatic N) is 1. The van der Waals surface area contributed by atoms with Crippen molar-refractivity contribution in [2.24, 2.45) is 16.6 Å². The summed E-state index contributed by atoms with van der Waals surface area (Å²) >= 11 is 0. The van der Waals surface area contributed by atoms with Crippen LogP contribution in [0, 0.1) is 5.92 Å². The van der Waals surface area contributed by atoms with Crippen LogP contribution in [0.5, 0.6) is 0 Å². The van der Waals surface area contributed by atoms with Crippen LogP contribution in [-0.4, -0.2) is 31.8 Å². The third kappa shape index (κ3) is 3.18. The summed E-state index contributed by atoms with van der Waals surface area (Å²) in [4.78, 5) is 4.33. The van der Waals surface area contributed by atoms with Gasteiger partial charge in [0.05, 0.1) is 6.61 Å². The monoisotopic (exact) mass is 197 g/mol. The Labute approximate surface area is 84.9 Å². The molecule has 4 nitrogen and oxygen atoms in total. The molecule has 4 heteroatoms. The Morgan fingerprint density at radius 3 is 2.93 bits per heavy atom. The van der Waals surface area contributed by atoms with Crippen molar-refractivity contribution < 1.29 is 4.74 Å². The van der Waals surface area contributed by atoms with E-state index in [4.69, 9.17) is 10.5 Å². The molecule has 3 N–H and O–H groups in total. The van der Waals surface area contributed by atoms with Gasteiger partial charge in [0.1, 0.15) is 0 Å². The standard InChI is InChI=1S/C10H19N3O/c11-10(13-9-3-4-9)12-6-8-2-1-5-14-7-8/h8-9H,1-7H2,(H3,11,12,13). The van der Waals surface area contributed by atoms with E-state index in [1.54, 1.807) is 0 Å². The van der Waals surface area contributed by atoms with E-state index in [1.165, 1.54) is 19.3 Å². The Bertz CT molecular complexity index is 207. The highest BCUT2D eigenvalue weighted by molar-refractivity contribution is 5.78. The highest BCUT2D eigenvalue weighted by Gasteiger charge is 2.21. The molecular formula is C10H19N3O. The molecule has 2 aliphatic rings. The fraction of sp³-hybridized carbons (Fsp3) is 0.900. The van der Waals surface area contributed by atoms with Crippen LogP contribution in [-0.2, 0) is 4.74 Å². The van der Waals surface area contributed by atoms with Gasteiger partial charge >= 0.3 is 0 Å². The first-order chi connectivity index (χ1) is 6.84. The summed E-state index contributed by atoms with van der Waals surface area (Å²) in [6, 6.07) is 0.598. The second-order valence-electron chi connectivity index (χ2n) is 4.23. The first kappa shape index (κ1) is 9.77. The summed E-state index contributed by atoms with van der Waals surface area (Å²) in [7, 11) is 0. The minimum atomic E-state index is 0.573. The summed E-state index contributed by atoms with van der Waals surface area (Å²) < 4.78 is 5.38. The Hall–Kier alpha value is -0.770. The average molecular weight is 197 g/mol. The quantitative estimate of drug-likeness (QED) is 0.511. The van der Waals surface area contributed by atoms with E-state index >= 15 is 0 Å². The molecule has 80 valence electrons. The van der Waals surface area contributed by atoms with E-state index in [9.17, 15) is 0 Å². The Kier molecular flexibility index (Phi) is 3.24.